The number of imidazole rings is 1. The van der Waals surface area contributed by atoms with Crippen molar-refractivity contribution in [2.24, 2.45) is 4.99 Å². The molecular weight excluding hydrogens is 507 g/mol. The predicted octanol–water partition coefficient (Wildman–Crippen LogP) is 5.65. The first kappa shape index (κ1) is 24.9. The van der Waals surface area contributed by atoms with Crippen LogP contribution >= 0.6 is 11.6 Å². The number of nitrogens with one attached hydrogen (secondary N) is 2. The number of hydrogen-bond acceptors (Lipinski definition) is 5. The van der Waals surface area contributed by atoms with Crippen LogP contribution in [0.1, 0.15) is 25.8 Å². The van der Waals surface area contributed by atoms with Crippen LogP contribution in [0.3, 0.4) is 0 Å². The number of ether oxygens (including phenoxy) is 1. The lowest BCUT2D eigenvalue weighted by atomic mass is 9.89. The molecule has 192 valence electrons. The average molecular weight is 530 g/mol. The fraction of sp³-hybridized carbons (Fsp3) is 0.269. The van der Waals surface area contributed by atoms with Gasteiger partial charge in [-0.15, -0.1) is 13.2 Å². The highest BCUT2D eigenvalue weighted by atomic mass is 35.5. The van der Waals surface area contributed by atoms with Gasteiger partial charge in [-0.1, -0.05) is 24.6 Å². The quantitative estimate of drug-likeness (QED) is 0.432. The molecule has 11 heteroatoms. The number of nitrogens with zero attached hydrogens (tertiary/aromatic N) is 3. The summed E-state index contributed by atoms with van der Waals surface area (Å²) in [7, 11) is 0. The van der Waals surface area contributed by atoms with Crippen LogP contribution in [0, 0.1) is 0 Å². The Labute approximate surface area is 215 Å². The second-order valence-corrected chi connectivity index (χ2v) is 9.50. The van der Waals surface area contributed by atoms with Gasteiger partial charge in [0.15, 0.2) is 0 Å². The zero-order valence-corrected chi connectivity index (χ0v) is 20.7. The van der Waals surface area contributed by atoms with Gasteiger partial charge in [-0.25, -0.2) is 4.98 Å². The number of fused-ring (bicyclic) bond motifs is 2. The molecule has 7 nitrogen and oxygen atoms in total. The normalized spacial score (nSPS) is 21.0. The predicted molar refractivity (Wildman–Crippen MR) is 135 cm³/mol. The van der Waals surface area contributed by atoms with Crippen LogP contribution in [0.2, 0.25) is 0 Å². The minimum atomic E-state index is -4.75. The molecular formula is C26H23ClF3N5O2. The smallest absolute Gasteiger partial charge is 0.406 e. The third-order valence-electron chi connectivity index (χ3n) is 6.50. The van der Waals surface area contributed by atoms with Gasteiger partial charge in [-0.3, -0.25) is 9.79 Å². The molecule has 2 unspecified atom stereocenters. The maximum absolute atomic E-state index is 13.3. The summed E-state index contributed by atoms with van der Waals surface area (Å²) in [6, 6.07) is 10.5. The van der Waals surface area contributed by atoms with E-state index in [1.165, 1.54) is 24.3 Å². The van der Waals surface area contributed by atoms with Crippen LogP contribution in [0.15, 0.2) is 70.8 Å². The Morgan fingerprint density at radius 3 is 2.70 bits per heavy atom. The van der Waals surface area contributed by atoms with Crippen LogP contribution < -0.4 is 10.1 Å². The second kappa shape index (κ2) is 9.26. The highest BCUT2D eigenvalue weighted by Gasteiger charge is 2.47. The van der Waals surface area contributed by atoms with E-state index in [0.717, 1.165) is 11.1 Å². The van der Waals surface area contributed by atoms with Gasteiger partial charge in [-0.2, -0.15) is 0 Å². The van der Waals surface area contributed by atoms with Crippen molar-refractivity contribution in [3.05, 3.63) is 71.4 Å². The number of halogens is 4. The van der Waals surface area contributed by atoms with Gasteiger partial charge in [0.2, 0.25) is 5.91 Å². The number of carbonyl (C=O) groups is 1. The van der Waals surface area contributed by atoms with Crippen molar-refractivity contribution in [3.63, 3.8) is 0 Å². The van der Waals surface area contributed by atoms with Crippen molar-refractivity contribution in [1.29, 1.82) is 0 Å². The summed E-state index contributed by atoms with van der Waals surface area (Å²) in [5.74, 6) is 0.725. The minimum Gasteiger partial charge on any atom is -0.406 e. The number of alkyl halides is 3. The number of aliphatic imine (C=N–C) groups is 1. The number of H-pyrrole nitrogens is 1. The number of rotatable bonds is 6. The molecule has 1 aromatic heterocycles. The van der Waals surface area contributed by atoms with Gasteiger partial charge >= 0.3 is 6.36 Å². The van der Waals surface area contributed by atoms with E-state index in [1.54, 1.807) is 18.4 Å². The number of aromatic amines is 1. The van der Waals surface area contributed by atoms with E-state index in [1.807, 2.05) is 36.9 Å². The summed E-state index contributed by atoms with van der Waals surface area (Å²) in [5.41, 5.74) is 2.31. The van der Waals surface area contributed by atoms with E-state index in [4.69, 9.17) is 16.6 Å². The largest absolute Gasteiger partial charge is 0.573 e. The number of amidine groups is 1. The van der Waals surface area contributed by atoms with Gasteiger partial charge in [0.1, 0.15) is 23.5 Å². The highest BCUT2D eigenvalue weighted by molar-refractivity contribution is 6.33. The van der Waals surface area contributed by atoms with E-state index in [-0.39, 0.29) is 11.7 Å². The number of hydrogen-bond donors (Lipinski definition) is 2. The summed E-state index contributed by atoms with van der Waals surface area (Å²) in [4.78, 5) is 27.6. The van der Waals surface area contributed by atoms with Gasteiger partial charge in [0, 0.05) is 23.3 Å². The van der Waals surface area contributed by atoms with Crippen molar-refractivity contribution >= 4 is 34.4 Å². The topological polar surface area (TPSA) is 82.6 Å². The molecule has 0 radical (unpaired) electrons. The van der Waals surface area contributed by atoms with Crippen LogP contribution in [0.5, 0.6) is 5.75 Å². The minimum absolute atomic E-state index is 0.147. The molecule has 3 aromatic rings. The first-order chi connectivity index (χ1) is 17.5. The molecule has 2 aliphatic heterocycles. The molecule has 2 N–H and O–H groups in total. The zero-order valence-electron chi connectivity index (χ0n) is 19.9. The lowest BCUT2D eigenvalue weighted by molar-refractivity contribution is -0.274. The fourth-order valence-electron chi connectivity index (χ4n) is 4.49. The number of carbonyl (C=O) groups excluding carboxylic acids is 1. The Hall–Kier alpha value is -3.79. The molecule has 0 aliphatic carbocycles. The average Bonchev–Trinajstić information content (AvgIpc) is 3.39. The van der Waals surface area contributed by atoms with E-state index in [0.29, 0.717) is 40.7 Å². The summed E-state index contributed by atoms with van der Waals surface area (Å²) >= 11 is 6.12. The second-order valence-electron chi connectivity index (χ2n) is 9.06. The van der Waals surface area contributed by atoms with E-state index >= 15 is 0 Å². The lowest BCUT2D eigenvalue weighted by Crippen LogP contribution is -2.53. The standard InChI is InChI=1S/C26H23ClF3N5O2/c1-3-25(2)22(35-11-10-17(27)13-21(35)34-25)24(36)31-14-15-4-9-19-20(12-15)33-23(32-19)16-5-7-18(8-6-16)37-26(28,29)30/h4-13,22H,3,14H2,1-2H3,(H,31,36)(H,32,33). The molecule has 0 saturated heterocycles. The van der Waals surface area contributed by atoms with Gasteiger partial charge < -0.3 is 19.9 Å². The highest BCUT2D eigenvalue weighted by Crippen LogP contribution is 2.35. The van der Waals surface area contributed by atoms with Crippen molar-refractivity contribution in [2.45, 2.75) is 44.8 Å². The number of amides is 1. The Morgan fingerprint density at radius 2 is 2.00 bits per heavy atom. The Morgan fingerprint density at radius 1 is 1.24 bits per heavy atom. The maximum Gasteiger partial charge on any atom is 0.573 e. The molecule has 1 amide bonds. The van der Waals surface area contributed by atoms with Gasteiger partial charge in [0.25, 0.3) is 0 Å². The number of aromatic nitrogens is 2. The van der Waals surface area contributed by atoms with E-state index in [2.05, 4.69) is 20.0 Å². The van der Waals surface area contributed by atoms with Crippen molar-refractivity contribution in [1.82, 2.24) is 20.2 Å². The Bertz CT molecular complexity index is 1440. The van der Waals surface area contributed by atoms with Crippen LogP contribution in [0.4, 0.5) is 13.2 Å². The molecule has 0 saturated carbocycles. The molecule has 0 fully saturated rings. The molecule has 0 bridgehead atoms. The number of benzene rings is 2. The van der Waals surface area contributed by atoms with Gasteiger partial charge in [-0.05, 0) is 67.5 Å². The van der Waals surface area contributed by atoms with Crippen LogP contribution in [0.25, 0.3) is 22.4 Å². The molecule has 2 aromatic carbocycles. The van der Waals surface area contributed by atoms with Crippen LogP contribution in [-0.4, -0.2) is 44.6 Å². The third kappa shape index (κ3) is 5.06. The van der Waals surface area contributed by atoms with E-state index in [9.17, 15) is 18.0 Å². The number of allylic oxidation sites excluding steroid dienone is 2. The molecule has 2 aliphatic rings. The monoisotopic (exact) mass is 529 g/mol. The summed E-state index contributed by atoms with van der Waals surface area (Å²) in [6.07, 6.45) is 1.21. The van der Waals surface area contributed by atoms with Crippen LogP contribution in [-0.2, 0) is 11.3 Å². The summed E-state index contributed by atoms with van der Waals surface area (Å²) in [5, 5.41) is 3.58. The molecule has 2 atom stereocenters. The molecule has 3 heterocycles. The van der Waals surface area contributed by atoms with Gasteiger partial charge in [0.05, 0.1) is 16.6 Å². The SMILES string of the molecule is CCC1(C)N=C2C=C(Cl)C=CN2C1C(=O)NCc1ccc2nc(-c3ccc(OC(F)(F)F)cc3)[nH]c2c1. The molecule has 5 rings (SSSR count). The van der Waals surface area contributed by atoms with Crippen molar-refractivity contribution in [3.8, 4) is 17.1 Å². The fourth-order valence-corrected chi connectivity index (χ4v) is 4.64. The first-order valence-corrected chi connectivity index (χ1v) is 12.0. The molecule has 37 heavy (non-hydrogen) atoms. The van der Waals surface area contributed by atoms with Crippen molar-refractivity contribution < 1.29 is 22.7 Å². The Balaban J connectivity index is 1.29. The van der Waals surface area contributed by atoms with E-state index < -0.39 is 17.9 Å². The lowest BCUT2D eigenvalue weighted by Gasteiger charge is -2.32. The maximum atomic E-state index is 13.3. The third-order valence-corrected chi connectivity index (χ3v) is 6.74. The first-order valence-electron chi connectivity index (χ1n) is 11.6. The zero-order chi connectivity index (χ0) is 26.4. The summed E-state index contributed by atoms with van der Waals surface area (Å²) < 4.78 is 41.1. The summed E-state index contributed by atoms with van der Waals surface area (Å²) in [6.45, 7) is 4.25. The van der Waals surface area contributed by atoms with Crippen molar-refractivity contribution in [2.75, 3.05) is 0 Å². The Kier molecular flexibility index (Phi) is 6.23. The molecule has 0 spiro atoms.